The highest BCUT2D eigenvalue weighted by atomic mass is 35.5. The molecule has 37 heavy (non-hydrogen) atoms. The van der Waals surface area contributed by atoms with Gasteiger partial charge in [0.1, 0.15) is 6.04 Å². The molecule has 0 bridgehead atoms. The second-order valence-electron chi connectivity index (χ2n) is 10.2. The van der Waals surface area contributed by atoms with Crippen molar-refractivity contribution in [1.29, 1.82) is 0 Å². The van der Waals surface area contributed by atoms with Crippen LogP contribution in [0.3, 0.4) is 0 Å². The zero-order chi connectivity index (χ0) is 26.6. The third-order valence-corrected chi connectivity index (χ3v) is 8.99. The number of nitrogens with one attached hydrogen (secondary N) is 3. The summed E-state index contributed by atoms with van der Waals surface area (Å²) in [5.74, 6) is -0.235. The van der Waals surface area contributed by atoms with Gasteiger partial charge in [0.25, 0.3) is 0 Å². The molecule has 0 saturated carbocycles. The molecule has 1 aliphatic carbocycles. The number of nitrogens with zero attached hydrogens (tertiary/aromatic N) is 1. The van der Waals surface area contributed by atoms with Gasteiger partial charge in [-0.05, 0) is 72.7 Å². The number of sulfonamides is 1. The summed E-state index contributed by atoms with van der Waals surface area (Å²) in [6, 6.07) is 10.9. The average Bonchev–Trinajstić information content (AvgIpc) is 2.85. The molecule has 2 aromatic rings. The summed E-state index contributed by atoms with van der Waals surface area (Å²) in [4.78, 5) is 25.9. The van der Waals surface area contributed by atoms with Crippen molar-refractivity contribution in [1.82, 2.24) is 20.3 Å². The zero-order valence-electron chi connectivity index (χ0n) is 21.3. The van der Waals surface area contributed by atoms with Crippen molar-refractivity contribution >= 4 is 33.4 Å². The van der Waals surface area contributed by atoms with Crippen molar-refractivity contribution in [3.05, 3.63) is 64.2 Å². The Morgan fingerprint density at radius 1 is 1.19 bits per heavy atom. The van der Waals surface area contributed by atoms with Gasteiger partial charge in [-0.3, -0.25) is 9.59 Å². The van der Waals surface area contributed by atoms with Crippen molar-refractivity contribution in [2.24, 2.45) is 5.92 Å². The standard InChI is InChI=1S/C27H35ClN4O4S/c1-18(2)16-29-17-19-6-11-23-20(14-19)4-3-5-24(23)31-26(33)15-25-27(34)30-12-13-32(25)37(35,36)22-9-7-21(28)8-10-22/h6-11,14,18,24-25,29H,3-5,12-13,15-17H2,1-2H3,(H,30,34)(H,31,33)/t24-,25?/m1/s1. The van der Waals surface area contributed by atoms with Gasteiger partial charge in [0, 0.05) is 24.7 Å². The first-order chi connectivity index (χ1) is 17.6. The summed E-state index contributed by atoms with van der Waals surface area (Å²) in [5.41, 5.74) is 3.53. The highest BCUT2D eigenvalue weighted by Crippen LogP contribution is 2.31. The van der Waals surface area contributed by atoms with E-state index in [1.54, 1.807) is 0 Å². The Morgan fingerprint density at radius 3 is 2.68 bits per heavy atom. The number of aryl methyl sites for hydroxylation is 1. The number of carbonyl (C=O) groups excluding carboxylic acids is 2. The molecule has 10 heteroatoms. The van der Waals surface area contributed by atoms with Gasteiger partial charge in [0.15, 0.2) is 0 Å². The smallest absolute Gasteiger partial charge is 0.243 e. The van der Waals surface area contributed by atoms with Gasteiger partial charge in [-0.1, -0.05) is 43.6 Å². The first-order valence-electron chi connectivity index (χ1n) is 12.8. The van der Waals surface area contributed by atoms with Gasteiger partial charge < -0.3 is 16.0 Å². The molecule has 2 amide bonds. The van der Waals surface area contributed by atoms with E-state index in [1.165, 1.54) is 35.4 Å². The van der Waals surface area contributed by atoms with E-state index in [0.29, 0.717) is 10.9 Å². The van der Waals surface area contributed by atoms with Crippen LogP contribution >= 0.6 is 11.6 Å². The summed E-state index contributed by atoms with van der Waals surface area (Å²) in [6.07, 6.45) is 2.45. The molecule has 3 N–H and O–H groups in total. The summed E-state index contributed by atoms with van der Waals surface area (Å²) in [6.45, 7) is 6.39. The molecule has 0 radical (unpaired) electrons. The van der Waals surface area contributed by atoms with Crippen LogP contribution in [0.4, 0.5) is 0 Å². The third-order valence-electron chi connectivity index (χ3n) is 6.82. The van der Waals surface area contributed by atoms with Crippen LogP contribution in [0.5, 0.6) is 0 Å². The Labute approximate surface area is 224 Å². The fraction of sp³-hybridized carbons (Fsp3) is 0.481. The molecule has 1 saturated heterocycles. The molecule has 1 unspecified atom stereocenters. The quantitative estimate of drug-likeness (QED) is 0.448. The lowest BCUT2D eigenvalue weighted by Crippen LogP contribution is -2.58. The second-order valence-corrected chi connectivity index (χ2v) is 12.5. The van der Waals surface area contributed by atoms with Gasteiger partial charge in [0.2, 0.25) is 21.8 Å². The van der Waals surface area contributed by atoms with Crippen LogP contribution in [0.2, 0.25) is 5.02 Å². The molecule has 1 fully saturated rings. The third kappa shape index (κ3) is 6.71. The number of hydrogen-bond donors (Lipinski definition) is 3. The number of hydrogen-bond acceptors (Lipinski definition) is 5. The normalized spacial score (nSPS) is 20.4. The van der Waals surface area contributed by atoms with Crippen molar-refractivity contribution in [2.45, 2.75) is 63.1 Å². The van der Waals surface area contributed by atoms with Gasteiger partial charge in [-0.2, -0.15) is 4.31 Å². The monoisotopic (exact) mass is 546 g/mol. The summed E-state index contributed by atoms with van der Waals surface area (Å²) in [7, 11) is -3.98. The Kier molecular flexibility index (Phi) is 8.90. The van der Waals surface area contributed by atoms with E-state index in [4.69, 9.17) is 11.6 Å². The largest absolute Gasteiger partial charge is 0.353 e. The molecule has 200 valence electrons. The van der Waals surface area contributed by atoms with E-state index < -0.39 is 22.0 Å². The Balaban J connectivity index is 1.45. The van der Waals surface area contributed by atoms with E-state index in [2.05, 4.69) is 48.0 Å². The lowest BCUT2D eigenvalue weighted by atomic mass is 9.86. The molecule has 0 spiro atoms. The number of fused-ring (bicyclic) bond motifs is 1. The fourth-order valence-corrected chi connectivity index (χ4v) is 6.69. The number of carbonyl (C=O) groups is 2. The zero-order valence-corrected chi connectivity index (χ0v) is 22.9. The molecule has 1 heterocycles. The van der Waals surface area contributed by atoms with Crippen LogP contribution < -0.4 is 16.0 Å². The maximum absolute atomic E-state index is 13.3. The van der Waals surface area contributed by atoms with Crippen LogP contribution in [0.25, 0.3) is 0 Å². The molecular weight excluding hydrogens is 512 g/mol. The number of benzene rings is 2. The minimum Gasteiger partial charge on any atom is -0.353 e. The highest BCUT2D eigenvalue weighted by molar-refractivity contribution is 7.89. The van der Waals surface area contributed by atoms with Gasteiger partial charge in [0.05, 0.1) is 17.4 Å². The van der Waals surface area contributed by atoms with Gasteiger partial charge >= 0.3 is 0 Å². The van der Waals surface area contributed by atoms with Crippen molar-refractivity contribution < 1.29 is 18.0 Å². The predicted molar refractivity (Wildman–Crippen MR) is 144 cm³/mol. The summed E-state index contributed by atoms with van der Waals surface area (Å²) >= 11 is 5.91. The SMILES string of the molecule is CC(C)CNCc1ccc2c(c1)CCC[C@H]2NC(=O)CC1C(=O)NCCN1S(=O)(=O)c1ccc(Cl)cc1. The van der Waals surface area contributed by atoms with Crippen LogP contribution in [0.15, 0.2) is 47.4 Å². The minimum absolute atomic E-state index is 0.0388. The molecule has 4 rings (SSSR count). The van der Waals surface area contributed by atoms with Crippen LogP contribution in [-0.4, -0.2) is 50.2 Å². The van der Waals surface area contributed by atoms with Crippen molar-refractivity contribution in [2.75, 3.05) is 19.6 Å². The molecular formula is C27H35ClN4O4S. The first kappa shape index (κ1) is 27.6. The van der Waals surface area contributed by atoms with Crippen LogP contribution in [-0.2, 0) is 32.6 Å². The Hall–Kier alpha value is -2.46. The topological polar surface area (TPSA) is 108 Å². The van der Waals surface area contributed by atoms with E-state index in [-0.39, 0.29) is 36.4 Å². The van der Waals surface area contributed by atoms with E-state index in [0.717, 1.165) is 42.2 Å². The molecule has 2 aromatic carbocycles. The lowest BCUT2D eigenvalue weighted by molar-refractivity contribution is -0.132. The maximum Gasteiger partial charge on any atom is 0.243 e. The highest BCUT2D eigenvalue weighted by Gasteiger charge is 2.40. The summed E-state index contributed by atoms with van der Waals surface area (Å²) < 4.78 is 27.7. The molecule has 2 aliphatic rings. The van der Waals surface area contributed by atoms with E-state index >= 15 is 0 Å². The number of piperazine rings is 1. The van der Waals surface area contributed by atoms with Crippen LogP contribution in [0, 0.1) is 5.92 Å². The number of halogens is 1. The van der Waals surface area contributed by atoms with E-state index in [9.17, 15) is 18.0 Å². The minimum atomic E-state index is -3.98. The fourth-order valence-electron chi connectivity index (χ4n) is 4.98. The predicted octanol–water partition coefficient (Wildman–Crippen LogP) is 3.16. The molecule has 1 aliphatic heterocycles. The number of rotatable bonds is 9. The molecule has 0 aromatic heterocycles. The average molecular weight is 547 g/mol. The molecule has 8 nitrogen and oxygen atoms in total. The summed E-state index contributed by atoms with van der Waals surface area (Å²) in [5, 5.41) is 9.64. The maximum atomic E-state index is 13.3. The van der Waals surface area contributed by atoms with Gasteiger partial charge in [-0.15, -0.1) is 0 Å². The number of amides is 2. The van der Waals surface area contributed by atoms with Crippen molar-refractivity contribution in [3.63, 3.8) is 0 Å². The van der Waals surface area contributed by atoms with E-state index in [1.807, 2.05) is 0 Å². The van der Waals surface area contributed by atoms with Gasteiger partial charge in [-0.25, -0.2) is 8.42 Å². The second kappa shape index (κ2) is 11.9. The van der Waals surface area contributed by atoms with Crippen LogP contribution in [0.1, 0.15) is 55.8 Å². The first-order valence-corrected chi connectivity index (χ1v) is 14.6. The Bertz CT molecular complexity index is 1230. The molecule has 2 atom stereocenters. The lowest BCUT2D eigenvalue weighted by Gasteiger charge is -2.34. The van der Waals surface area contributed by atoms with Crippen molar-refractivity contribution in [3.8, 4) is 0 Å². The Morgan fingerprint density at radius 2 is 1.95 bits per heavy atom.